The smallest absolute Gasteiger partial charge is 0.0541 e. The van der Waals surface area contributed by atoms with Crippen molar-refractivity contribution in [1.82, 2.24) is 4.57 Å². The summed E-state index contributed by atoms with van der Waals surface area (Å²) in [7, 11) is 0. The van der Waals surface area contributed by atoms with Crippen molar-refractivity contribution < 1.29 is 0 Å². The van der Waals surface area contributed by atoms with Gasteiger partial charge < -0.3 is 9.47 Å². The van der Waals surface area contributed by atoms with E-state index in [-0.39, 0.29) is 10.8 Å². The Hall–Kier alpha value is -8.20. The van der Waals surface area contributed by atoms with Gasteiger partial charge in [0.25, 0.3) is 0 Å². The van der Waals surface area contributed by atoms with Crippen molar-refractivity contribution >= 4 is 38.9 Å². The lowest BCUT2D eigenvalue weighted by Gasteiger charge is -2.28. The third kappa shape index (κ3) is 6.10. The molecule has 0 fully saturated rings. The van der Waals surface area contributed by atoms with Gasteiger partial charge in [-0.15, -0.1) is 0 Å². The van der Waals surface area contributed by atoms with Crippen LogP contribution in [0.1, 0.15) is 49.9 Å². The first-order valence-corrected chi connectivity index (χ1v) is 23.9. The van der Waals surface area contributed by atoms with Gasteiger partial charge in [0, 0.05) is 44.4 Å². The quantitative estimate of drug-likeness (QED) is 0.155. The molecule has 0 atom stereocenters. The highest BCUT2D eigenvalue weighted by molar-refractivity contribution is 6.09. The zero-order valence-electron chi connectivity index (χ0n) is 38.8. The van der Waals surface area contributed by atoms with E-state index < -0.39 is 0 Å². The van der Waals surface area contributed by atoms with Gasteiger partial charge in [0.1, 0.15) is 0 Å². The van der Waals surface area contributed by atoms with Crippen molar-refractivity contribution in [2.75, 3.05) is 4.90 Å². The Morgan fingerprint density at radius 3 is 1.38 bits per heavy atom. The van der Waals surface area contributed by atoms with Gasteiger partial charge in [-0.1, -0.05) is 185 Å². The molecule has 2 heteroatoms. The average molecular weight is 871 g/mol. The number of rotatable bonds is 7. The molecule has 0 saturated heterocycles. The second-order valence-electron chi connectivity index (χ2n) is 19.7. The highest BCUT2D eigenvalue weighted by Crippen LogP contribution is 2.58. The van der Waals surface area contributed by atoms with E-state index in [4.69, 9.17) is 0 Å². The fraction of sp³-hybridized carbons (Fsp3) is 0.0909. The second kappa shape index (κ2) is 15.2. The zero-order valence-corrected chi connectivity index (χ0v) is 38.8. The first kappa shape index (κ1) is 40.1. The van der Waals surface area contributed by atoms with Gasteiger partial charge in [-0.25, -0.2) is 0 Å². The average Bonchev–Trinajstić information content (AvgIpc) is 3.93. The number of hydrogen-bond acceptors (Lipinski definition) is 1. The van der Waals surface area contributed by atoms with Gasteiger partial charge >= 0.3 is 0 Å². The molecule has 1 heterocycles. The van der Waals surface area contributed by atoms with Crippen LogP contribution in [-0.2, 0) is 10.8 Å². The maximum Gasteiger partial charge on any atom is 0.0541 e. The van der Waals surface area contributed by atoms with Crippen LogP contribution in [0.4, 0.5) is 17.1 Å². The Kier molecular flexibility index (Phi) is 8.95. The maximum absolute atomic E-state index is 2.54. The molecule has 0 N–H and O–H groups in total. The molecule has 2 aliphatic rings. The van der Waals surface area contributed by atoms with E-state index in [9.17, 15) is 0 Å². The van der Waals surface area contributed by atoms with Crippen molar-refractivity contribution in [3.63, 3.8) is 0 Å². The van der Waals surface area contributed by atoms with Crippen LogP contribution in [0.2, 0.25) is 0 Å². The van der Waals surface area contributed by atoms with Crippen molar-refractivity contribution in [2.24, 2.45) is 0 Å². The summed E-state index contributed by atoms with van der Waals surface area (Å²) in [6.45, 7) is 9.64. The minimum absolute atomic E-state index is 0.129. The van der Waals surface area contributed by atoms with E-state index in [2.05, 4.69) is 268 Å². The first-order chi connectivity index (χ1) is 33.2. The van der Waals surface area contributed by atoms with Crippen molar-refractivity contribution in [3.05, 3.63) is 253 Å². The largest absolute Gasteiger partial charge is 0.310 e. The summed E-state index contributed by atoms with van der Waals surface area (Å²) >= 11 is 0. The SMILES string of the molecule is CC1(C)c2cc(N(c3ccc(-c4ccc(-c5ccccc5)cc4)cc3)c3ccc(-n4c5ccccc5c5ccccc54)cc3)ccc2-c2cc3c(cc21)-c1c(-c2ccccc2)cccc1C3(C)C. The lowest BCUT2D eigenvalue weighted by Crippen LogP contribution is -2.17. The molecule has 2 aliphatic carbocycles. The van der Waals surface area contributed by atoms with Crippen LogP contribution in [-0.4, -0.2) is 4.57 Å². The minimum Gasteiger partial charge on any atom is -0.310 e. The molecular weight excluding hydrogens is 821 g/mol. The summed E-state index contributed by atoms with van der Waals surface area (Å²) in [6.07, 6.45) is 0. The predicted octanol–water partition coefficient (Wildman–Crippen LogP) is 17.9. The molecule has 0 spiro atoms. The summed E-state index contributed by atoms with van der Waals surface area (Å²) in [5.74, 6) is 0. The molecule has 324 valence electrons. The van der Waals surface area contributed by atoms with Crippen LogP contribution in [0.3, 0.4) is 0 Å². The van der Waals surface area contributed by atoms with Crippen LogP contribution in [0, 0.1) is 0 Å². The molecule has 0 saturated carbocycles. The number of anilines is 3. The topological polar surface area (TPSA) is 8.17 Å². The molecule has 2 nitrogen and oxygen atoms in total. The molecule has 0 bridgehead atoms. The number of fused-ring (bicyclic) bond motifs is 9. The first-order valence-electron chi connectivity index (χ1n) is 23.9. The third-order valence-corrected chi connectivity index (χ3v) is 15.2. The minimum atomic E-state index is -0.230. The fourth-order valence-corrected chi connectivity index (χ4v) is 11.7. The number of para-hydroxylation sites is 2. The summed E-state index contributed by atoms with van der Waals surface area (Å²) in [5.41, 5.74) is 24.9. The van der Waals surface area contributed by atoms with E-state index in [0.717, 1.165) is 22.7 Å². The molecule has 68 heavy (non-hydrogen) atoms. The molecule has 10 aromatic carbocycles. The molecule has 0 amide bonds. The van der Waals surface area contributed by atoms with E-state index in [1.54, 1.807) is 0 Å². The Morgan fingerprint density at radius 1 is 0.309 bits per heavy atom. The predicted molar refractivity (Wildman–Crippen MR) is 287 cm³/mol. The van der Waals surface area contributed by atoms with E-state index in [1.807, 2.05) is 0 Å². The summed E-state index contributed by atoms with van der Waals surface area (Å²) in [6, 6.07) is 85.3. The molecular formula is C66H50N2. The molecule has 0 aliphatic heterocycles. The fourth-order valence-electron chi connectivity index (χ4n) is 11.7. The number of benzene rings is 10. The second-order valence-corrected chi connectivity index (χ2v) is 19.7. The standard InChI is InChI=1S/C66H50N2/c1-65(2)58-23-15-22-52(47-18-9-6-10-19-47)64(58)57-42-60-56(41-61(57)65)53-39-38-51(40-59(53)66(60,3)4)67(48-32-30-46(31-33-48)45-28-26-44(27-29-45)43-16-7-5-8-17-43)49-34-36-50(37-35-49)68-62-24-13-11-20-54(62)55-21-12-14-25-63(55)68/h5-42H,1-4H3. The Bertz CT molecular complexity index is 3690. The van der Waals surface area contributed by atoms with E-state index in [0.29, 0.717) is 0 Å². The van der Waals surface area contributed by atoms with Crippen molar-refractivity contribution in [2.45, 2.75) is 38.5 Å². The zero-order chi connectivity index (χ0) is 45.7. The highest BCUT2D eigenvalue weighted by Gasteiger charge is 2.42. The van der Waals surface area contributed by atoms with E-state index in [1.165, 1.54) is 99.7 Å². The normalized spacial score (nSPS) is 13.8. The van der Waals surface area contributed by atoms with Crippen LogP contribution in [0.5, 0.6) is 0 Å². The molecule has 11 aromatic rings. The third-order valence-electron chi connectivity index (χ3n) is 15.2. The Morgan fingerprint density at radius 2 is 0.765 bits per heavy atom. The maximum atomic E-state index is 2.54. The summed E-state index contributed by atoms with van der Waals surface area (Å²) < 4.78 is 2.39. The number of aromatic nitrogens is 1. The van der Waals surface area contributed by atoms with Gasteiger partial charge in [-0.3, -0.25) is 0 Å². The number of hydrogen-bond donors (Lipinski definition) is 0. The van der Waals surface area contributed by atoms with E-state index >= 15 is 0 Å². The van der Waals surface area contributed by atoms with Gasteiger partial charge in [0.15, 0.2) is 0 Å². The van der Waals surface area contributed by atoms with Gasteiger partial charge in [0.05, 0.1) is 11.0 Å². The van der Waals surface area contributed by atoms with Gasteiger partial charge in [-0.2, -0.15) is 0 Å². The van der Waals surface area contributed by atoms with Crippen LogP contribution in [0.25, 0.3) is 83.1 Å². The molecule has 1 aromatic heterocycles. The summed E-state index contributed by atoms with van der Waals surface area (Å²) in [4.78, 5) is 2.43. The summed E-state index contributed by atoms with van der Waals surface area (Å²) in [5, 5.41) is 2.53. The van der Waals surface area contributed by atoms with Crippen LogP contribution in [0.15, 0.2) is 231 Å². The van der Waals surface area contributed by atoms with Gasteiger partial charge in [-0.05, 0) is 151 Å². The monoisotopic (exact) mass is 870 g/mol. The van der Waals surface area contributed by atoms with Crippen molar-refractivity contribution in [3.8, 4) is 61.3 Å². The molecule has 0 radical (unpaired) electrons. The highest BCUT2D eigenvalue weighted by atomic mass is 15.1. The van der Waals surface area contributed by atoms with Crippen molar-refractivity contribution in [1.29, 1.82) is 0 Å². The molecule has 13 rings (SSSR count). The lowest BCUT2D eigenvalue weighted by atomic mass is 9.79. The Labute approximate surface area is 399 Å². The molecule has 0 unspecified atom stereocenters. The van der Waals surface area contributed by atoms with Crippen LogP contribution < -0.4 is 4.90 Å². The lowest BCUT2D eigenvalue weighted by molar-refractivity contribution is 0.652. The van der Waals surface area contributed by atoms with Gasteiger partial charge in [0.2, 0.25) is 0 Å². The van der Waals surface area contributed by atoms with Crippen LogP contribution >= 0.6 is 0 Å². The number of nitrogens with zero attached hydrogens (tertiary/aromatic N) is 2. The Balaban J connectivity index is 0.921.